The molecule has 2 aromatic rings. The number of benzene rings is 2. The summed E-state index contributed by atoms with van der Waals surface area (Å²) in [5, 5.41) is 3.57. The van der Waals surface area contributed by atoms with E-state index in [4.69, 9.17) is 4.74 Å². The van der Waals surface area contributed by atoms with E-state index in [2.05, 4.69) is 61.6 Å². The van der Waals surface area contributed by atoms with Crippen LogP contribution >= 0.6 is 0 Å². The minimum atomic E-state index is 0.152. The van der Waals surface area contributed by atoms with Crippen LogP contribution in [0.5, 0.6) is 0 Å². The summed E-state index contributed by atoms with van der Waals surface area (Å²) in [7, 11) is 0. The summed E-state index contributed by atoms with van der Waals surface area (Å²) in [5.74, 6) is 0. The van der Waals surface area contributed by atoms with E-state index >= 15 is 0 Å². The summed E-state index contributed by atoms with van der Waals surface area (Å²) >= 11 is 0. The van der Waals surface area contributed by atoms with Crippen molar-refractivity contribution >= 4 is 5.69 Å². The molecule has 1 aliphatic rings. The quantitative estimate of drug-likeness (QED) is 0.906. The molecule has 0 radical (unpaired) electrons. The standard InChI is InChI=1S/C18H21NO/c1-13-6-5-7-14(2)18(13)19-12-17-16-9-4-3-8-15(16)10-11-20-17/h3-9,17,19H,10-12H2,1-2H3. The van der Waals surface area contributed by atoms with Gasteiger partial charge in [-0.3, -0.25) is 0 Å². The Kier molecular flexibility index (Phi) is 3.75. The zero-order valence-electron chi connectivity index (χ0n) is 12.1. The van der Waals surface area contributed by atoms with Crippen molar-refractivity contribution in [3.05, 3.63) is 64.7 Å². The molecule has 20 heavy (non-hydrogen) atoms. The van der Waals surface area contributed by atoms with Crippen LogP contribution in [0, 0.1) is 13.8 Å². The van der Waals surface area contributed by atoms with Gasteiger partial charge in [0, 0.05) is 12.2 Å². The molecule has 0 saturated carbocycles. The minimum Gasteiger partial charge on any atom is -0.382 e. The Labute approximate surface area is 120 Å². The molecule has 0 aromatic heterocycles. The number of ether oxygens (including phenoxy) is 1. The van der Waals surface area contributed by atoms with E-state index in [1.807, 2.05) is 0 Å². The van der Waals surface area contributed by atoms with Crippen molar-refractivity contribution in [1.29, 1.82) is 0 Å². The fourth-order valence-corrected chi connectivity index (χ4v) is 2.93. The van der Waals surface area contributed by atoms with Gasteiger partial charge in [-0.15, -0.1) is 0 Å². The molecule has 3 rings (SSSR count). The lowest BCUT2D eigenvalue weighted by atomic mass is 9.97. The number of para-hydroxylation sites is 1. The van der Waals surface area contributed by atoms with E-state index in [0.717, 1.165) is 19.6 Å². The van der Waals surface area contributed by atoms with Crippen molar-refractivity contribution in [2.45, 2.75) is 26.4 Å². The van der Waals surface area contributed by atoms with E-state index in [9.17, 15) is 0 Å². The normalized spacial score (nSPS) is 17.6. The molecule has 1 heterocycles. The second-order valence-corrected chi connectivity index (χ2v) is 5.46. The van der Waals surface area contributed by atoms with E-state index in [-0.39, 0.29) is 6.10 Å². The molecular weight excluding hydrogens is 246 g/mol. The van der Waals surface area contributed by atoms with Crippen LogP contribution in [0.25, 0.3) is 0 Å². The van der Waals surface area contributed by atoms with Crippen LogP contribution < -0.4 is 5.32 Å². The molecule has 1 aliphatic heterocycles. The van der Waals surface area contributed by atoms with Gasteiger partial charge in [0.05, 0.1) is 12.7 Å². The van der Waals surface area contributed by atoms with Crippen molar-refractivity contribution in [3.8, 4) is 0 Å². The van der Waals surface area contributed by atoms with Crippen molar-refractivity contribution in [2.75, 3.05) is 18.5 Å². The number of rotatable bonds is 3. The second-order valence-electron chi connectivity index (χ2n) is 5.46. The molecule has 0 amide bonds. The molecule has 0 fully saturated rings. The first-order valence-electron chi connectivity index (χ1n) is 7.25. The van der Waals surface area contributed by atoms with Gasteiger partial charge >= 0.3 is 0 Å². The molecule has 1 unspecified atom stereocenters. The molecule has 0 spiro atoms. The Morgan fingerprint density at radius 2 is 1.80 bits per heavy atom. The van der Waals surface area contributed by atoms with E-state index in [1.54, 1.807) is 0 Å². The zero-order valence-corrected chi connectivity index (χ0v) is 12.1. The van der Waals surface area contributed by atoms with E-state index < -0.39 is 0 Å². The minimum absolute atomic E-state index is 0.152. The number of fused-ring (bicyclic) bond motifs is 1. The average Bonchev–Trinajstić information content (AvgIpc) is 2.47. The third-order valence-electron chi connectivity index (χ3n) is 4.04. The topological polar surface area (TPSA) is 21.3 Å². The number of hydrogen-bond donors (Lipinski definition) is 1. The third kappa shape index (κ3) is 2.56. The smallest absolute Gasteiger partial charge is 0.0999 e. The van der Waals surface area contributed by atoms with Crippen LogP contribution in [0.4, 0.5) is 5.69 Å². The van der Waals surface area contributed by atoms with Gasteiger partial charge in [-0.1, -0.05) is 42.5 Å². The lowest BCUT2D eigenvalue weighted by Gasteiger charge is -2.27. The van der Waals surface area contributed by atoms with Crippen LogP contribution in [0.3, 0.4) is 0 Å². The summed E-state index contributed by atoms with van der Waals surface area (Å²) in [6, 6.07) is 15.0. The van der Waals surface area contributed by atoms with E-state index in [0.29, 0.717) is 0 Å². The highest BCUT2D eigenvalue weighted by Gasteiger charge is 2.20. The van der Waals surface area contributed by atoms with Gasteiger partial charge in [-0.05, 0) is 42.5 Å². The molecule has 0 aliphatic carbocycles. The predicted molar refractivity (Wildman–Crippen MR) is 83.2 cm³/mol. The van der Waals surface area contributed by atoms with Crippen molar-refractivity contribution in [2.24, 2.45) is 0 Å². The molecule has 104 valence electrons. The second kappa shape index (κ2) is 5.68. The van der Waals surface area contributed by atoms with Crippen LogP contribution in [0.1, 0.15) is 28.4 Å². The summed E-state index contributed by atoms with van der Waals surface area (Å²) in [5.41, 5.74) is 6.56. The van der Waals surface area contributed by atoms with Gasteiger partial charge in [-0.25, -0.2) is 0 Å². The fourth-order valence-electron chi connectivity index (χ4n) is 2.93. The highest BCUT2D eigenvalue weighted by atomic mass is 16.5. The highest BCUT2D eigenvalue weighted by molar-refractivity contribution is 5.56. The maximum atomic E-state index is 5.94. The number of nitrogens with one attached hydrogen (secondary N) is 1. The van der Waals surface area contributed by atoms with Crippen molar-refractivity contribution in [1.82, 2.24) is 0 Å². The molecule has 2 heteroatoms. The molecule has 2 nitrogen and oxygen atoms in total. The molecule has 1 N–H and O–H groups in total. The highest BCUT2D eigenvalue weighted by Crippen LogP contribution is 2.28. The largest absolute Gasteiger partial charge is 0.382 e. The van der Waals surface area contributed by atoms with Crippen LogP contribution in [0.2, 0.25) is 0 Å². The van der Waals surface area contributed by atoms with Crippen LogP contribution in [-0.4, -0.2) is 13.2 Å². The maximum Gasteiger partial charge on any atom is 0.0999 e. The number of aryl methyl sites for hydroxylation is 2. The van der Waals surface area contributed by atoms with Crippen LogP contribution in [0.15, 0.2) is 42.5 Å². The first kappa shape index (κ1) is 13.2. The average molecular weight is 267 g/mol. The van der Waals surface area contributed by atoms with Gasteiger partial charge in [-0.2, -0.15) is 0 Å². The van der Waals surface area contributed by atoms with Gasteiger partial charge in [0.15, 0.2) is 0 Å². The third-order valence-corrected chi connectivity index (χ3v) is 4.04. The van der Waals surface area contributed by atoms with Gasteiger partial charge in [0.25, 0.3) is 0 Å². The predicted octanol–water partition coefficient (Wildman–Crippen LogP) is 4.03. The lowest BCUT2D eigenvalue weighted by Crippen LogP contribution is -2.23. The molecular formula is C18H21NO. The first-order chi connectivity index (χ1) is 9.75. The molecule has 0 bridgehead atoms. The van der Waals surface area contributed by atoms with Crippen molar-refractivity contribution in [3.63, 3.8) is 0 Å². The maximum absolute atomic E-state index is 5.94. The Morgan fingerprint density at radius 1 is 1.05 bits per heavy atom. The summed E-state index contributed by atoms with van der Waals surface area (Å²) in [6.45, 7) is 5.93. The Balaban J connectivity index is 1.77. The van der Waals surface area contributed by atoms with Crippen molar-refractivity contribution < 1.29 is 4.74 Å². The summed E-state index contributed by atoms with van der Waals surface area (Å²) in [4.78, 5) is 0. The summed E-state index contributed by atoms with van der Waals surface area (Å²) < 4.78 is 5.94. The lowest BCUT2D eigenvalue weighted by molar-refractivity contribution is 0.0513. The Bertz CT molecular complexity index is 586. The zero-order chi connectivity index (χ0) is 13.9. The molecule has 2 aromatic carbocycles. The van der Waals surface area contributed by atoms with Crippen LogP contribution in [-0.2, 0) is 11.2 Å². The van der Waals surface area contributed by atoms with Gasteiger partial charge in [0.2, 0.25) is 0 Å². The first-order valence-corrected chi connectivity index (χ1v) is 7.25. The summed E-state index contributed by atoms with van der Waals surface area (Å²) in [6.07, 6.45) is 1.18. The Morgan fingerprint density at radius 3 is 2.60 bits per heavy atom. The van der Waals surface area contributed by atoms with E-state index in [1.165, 1.54) is 27.9 Å². The number of anilines is 1. The monoisotopic (exact) mass is 267 g/mol. The molecule has 0 saturated heterocycles. The number of hydrogen-bond acceptors (Lipinski definition) is 2. The van der Waals surface area contributed by atoms with Gasteiger partial charge in [0.1, 0.15) is 0 Å². The Hall–Kier alpha value is -1.80. The SMILES string of the molecule is Cc1cccc(C)c1NCC1OCCc2ccccc21. The fraction of sp³-hybridized carbons (Fsp3) is 0.333. The van der Waals surface area contributed by atoms with Gasteiger partial charge < -0.3 is 10.1 Å². The molecule has 1 atom stereocenters.